The molecule has 0 aliphatic heterocycles. The fraction of sp³-hybridized carbons (Fsp3) is 0.176. The number of ketones is 2. The van der Waals surface area contributed by atoms with Crippen LogP contribution in [0.15, 0.2) is 42.5 Å². The SMILES string of the molecule is CN(C)Cc1ccc2c(c1)C(=O)c1ccccc1C2=O. The highest BCUT2D eigenvalue weighted by Gasteiger charge is 2.29. The molecular formula is C17H15NO2. The average Bonchev–Trinajstić information content (AvgIpc) is 2.44. The molecule has 3 heteroatoms. The number of fused-ring (bicyclic) bond motifs is 2. The predicted octanol–water partition coefficient (Wildman–Crippen LogP) is 2.52. The van der Waals surface area contributed by atoms with E-state index < -0.39 is 0 Å². The van der Waals surface area contributed by atoms with Crippen molar-refractivity contribution in [3.63, 3.8) is 0 Å². The van der Waals surface area contributed by atoms with Crippen LogP contribution in [0.25, 0.3) is 0 Å². The van der Waals surface area contributed by atoms with Crippen molar-refractivity contribution in [2.75, 3.05) is 14.1 Å². The highest BCUT2D eigenvalue weighted by atomic mass is 16.1. The summed E-state index contributed by atoms with van der Waals surface area (Å²) in [4.78, 5) is 27.0. The molecule has 0 saturated heterocycles. The minimum atomic E-state index is -0.0633. The number of rotatable bonds is 2. The molecule has 0 heterocycles. The zero-order chi connectivity index (χ0) is 14.3. The number of hydrogen-bond donors (Lipinski definition) is 0. The average molecular weight is 265 g/mol. The first-order valence-electron chi connectivity index (χ1n) is 6.54. The third kappa shape index (κ3) is 1.96. The number of benzene rings is 2. The van der Waals surface area contributed by atoms with Crippen LogP contribution >= 0.6 is 0 Å². The quantitative estimate of drug-likeness (QED) is 0.714. The fourth-order valence-corrected chi connectivity index (χ4v) is 2.61. The maximum atomic E-state index is 12.5. The smallest absolute Gasteiger partial charge is 0.194 e. The molecule has 1 aliphatic carbocycles. The zero-order valence-corrected chi connectivity index (χ0v) is 11.5. The van der Waals surface area contributed by atoms with Gasteiger partial charge in [0.1, 0.15) is 0 Å². The summed E-state index contributed by atoms with van der Waals surface area (Å²) in [5, 5.41) is 0. The Morgan fingerprint density at radius 2 is 1.35 bits per heavy atom. The maximum Gasteiger partial charge on any atom is 0.194 e. The molecule has 0 N–H and O–H groups in total. The maximum absolute atomic E-state index is 12.5. The fourth-order valence-electron chi connectivity index (χ4n) is 2.61. The molecule has 2 aromatic rings. The Balaban J connectivity index is 2.13. The summed E-state index contributed by atoms with van der Waals surface area (Å²) in [6, 6.07) is 12.5. The van der Waals surface area contributed by atoms with E-state index in [-0.39, 0.29) is 11.6 Å². The lowest BCUT2D eigenvalue weighted by Crippen LogP contribution is -2.21. The van der Waals surface area contributed by atoms with Gasteiger partial charge in [0.2, 0.25) is 0 Å². The first kappa shape index (κ1) is 12.8. The standard InChI is InChI=1S/C17H15NO2/c1-18(2)10-11-7-8-14-15(9-11)17(20)13-6-4-3-5-12(13)16(14)19/h3-9H,10H2,1-2H3. The van der Waals surface area contributed by atoms with Crippen LogP contribution in [0.2, 0.25) is 0 Å². The van der Waals surface area contributed by atoms with Gasteiger partial charge in [-0.25, -0.2) is 0 Å². The number of nitrogens with zero attached hydrogens (tertiary/aromatic N) is 1. The van der Waals surface area contributed by atoms with Gasteiger partial charge in [-0.05, 0) is 31.8 Å². The lowest BCUT2D eigenvalue weighted by Gasteiger charge is -2.19. The predicted molar refractivity (Wildman–Crippen MR) is 77.1 cm³/mol. The van der Waals surface area contributed by atoms with Crippen LogP contribution in [-0.4, -0.2) is 30.6 Å². The number of hydrogen-bond acceptors (Lipinski definition) is 3. The Morgan fingerprint density at radius 3 is 1.95 bits per heavy atom. The van der Waals surface area contributed by atoms with Crippen molar-refractivity contribution < 1.29 is 9.59 Å². The molecule has 0 aromatic heterocycles. The van der Waals surface area contributed by atoms with Crippen LogP contribution in [0.1, 0.15) is 37.4 Å². The molecular weight excluding hydrogens is 250 g/mol. The summed E-state index contributed by atoms with van der Waals surface area (Å²) in [7, 11) is 3.95. The monoisotopic (exact) mass is 265 g/mol. The lowest BCUT2D eigenvalue weighted by molar-refractivity contribution is 0.0979. The van der Waals surface area contributed by atoms with E-state index in [0.717, 1.165) is 12.1 Å². The molecule has 0 atom stereocenters. The number of carbonyl (C=O) groups is 2. The van der Waals surface area contributed by atoms with Gasteiger partial charge in [-0.15, -0.1) is 0 Å². The van der Waals surface area contributed by atoms with E-state index in [0.29, 0.717) is 22.3 Å². The second kappa shape index (κ2) is 4.69. The normalized spacial score (nSPS) is 13.3. The first-order chi connectivity index (χ1) is 9.58. The van der Waals surface area contributed by atoms with Gasteiger partial charge in [0, 0.05) is 28.8 Å². The van der Waals surface area contributed by atoms with E-state index >= 15 is 0 Å². The summed E-state index contributed by atoms with van der Waals surface area (Å²) in [5.41, 5.74) is 3.08. The Bertz CT molecular complexity index is 717. The molecule has 100 valence electrons. The Hall–Kier alpha value is -2.26. The van der Waals surface area contributed by atoms with Crippen LogP contribution in [0.5, 0.6) is 0 Å². The summed E-state index contributed by atoms with van der Waals surface area (Å²) in [6.45, 7) is 0.746. The van der Waals surface area contributed by atoms with Gasteiger partial charge in [0.05, 0.1) is 0 Å². The van der Waals surface area contributed by atoms with Gasteiger partial charge in [0.25, 0.3) is 0 Å². The van der Waals surface area contributed by atoms with Crippen LogP contribution in [0.3, 0.4) is 0 Å². The minimum absolute atomic E-state index is 0.0594. The van der Waals surface area contributed by atoms with Gasteiger partial charge >= 0.3 is 0 Å². The number of carbonyl (C=O) groups excluding carboxylic acids is 2. The van der Waals surface area contributed by atoms with E-state index in [2.05, 4.69) is 0 Å². The van der Waals surface area contributed by atoms with E-state index in [1.807, 2.05) is 31.1 Å². The Labute approximate surface area is 117 Å². The van der Waals surface area contributed by atoms with Crippen molar-refractivity contribution in [2.24, 2.45) is 0 Å². The topological polar surface area (TPSA) is 37.4 Å². The molecule has 3 rings (SSSR count). The van der Waals surface area contributed by atoms with E-state index in [4.69, 9.17) is 0 Å². The third-order valence-electron chi connectivity index (χ3n) is 3.49. The lowest BCUT2D eigenvalue weighted by atomic mass is 9.83. The molecule has 3 nitrogen and oxygen atoms in total. The highest BCUT2D eigenvalue weighted by Crippen LogP contribution is 2.27. The van der Waals surface area contributed by atoms with Crippen molar-refractivity contribution in [3.8, 4) is 0 Å². The van der Waals surface area contributed by atoms with Gasteiger partial charge in [-0.2, -0.15) is 0 Å². The van der Waals surface area contributed by atoms with Crippen molar-refractivity contribution in [1.82, 2.24) is 4.90 Å². The van der Waals surface area contributed by atoms with Crippen molar-refractivity contribution in [3.05, 3.63) is 70.3 Å². The second-order valence-corrected chi connectivity index (χ2v) is 5.32. The van der Waals surface area contributed by atoms with E-state index in [1.54, 1.807) is 30.3 Å². The van der Waals surface area contributed by atoms with E-state index in [9.17, 15) is 9.59 Å². The van der Waals surface area contributed by atoms with Crippen molar-refractivity contribution in [1.29, 1.82) is 0 Å². The Morgan fingerprint density at radius 1 is 0.800 bits per heavy atom. The van der Waals surface area contributed by atoms with Crippen LogP contribution in [0.4, 0.5) is 0 Å². The molecule has 0 amide bonds. The molecule has 1 aliphatic rings. The summed E-state index contributed by atoms with van der Waals surface area (Å²) in [5.74, 6) is -0.123. The molecule has 0 saturated carbocycles. The minimum Gasteiger partial charge on any atom is -0.305 e. The molecule has 0 spiro atoms. The van der Waals surface area contributed by atoms with E-state index in [1.165, 1.54) is 0 Å². The molecule has 0 bridgehead atoms. The summed E-state index contributed by atoms with van der Waals surface area (Å²) >= 11 is 0. The van der Waals surface area contributed by atoms with Gasteiger partial charge in [-0.1, -0.05) is 30.3 Å². The van der Waals surface area contributed by atoms with Crippen LogP contribution in [0, 0.1) is 0 Å². The third-order valence-corrected chi connectivity index (χ3v) is 3.49. The summed E-state index contributed by atoms with van der Waals surface area (Å²) in [6.07, 6.45) is 0. The van der Waals surface area contributed by atoms with Gasteiger partial charge < -0.3 is 4.90 Å². The molecule has 0 radical (unpaired) electrons. The highest BCUT2D eigenvalue weighted by molar-refractivity contribution is 6.28. The molecule has 0 unspecified atom stereocenters. The molecule has 2 aromatic carbocycles. The molecule has 20 heavy (non-hydrogen) atoms. The zero-order valence-electron chi connectivity index (χ0n) is 11.5. The summed E-state index contributed by atoms with van der Waals surface area (Å²) < 4.78 is 0. The Kier molecular flexibility index (Phi) is 2.99. The molecule has 0 fully saturated rings. The van der Waals surface area contributed by atoms with Crippen LogP contribution in [-0.2, 0) is 6.54 Å². The van der Waals surface area contributed by atoms with Gasteiger partial charge in [0.15, 0.2) is 11.6 Å². The largest absolute Gasteiger partial charge is 0.305 e. The first-order valence-corrected chi connectivity index (χ1v) is 6.54. The van der Waals surface area contributed by atoms with Crippen molar-refractivity contribution in [2.45, 2.75) is 6.54 Å². The second-order valence-electron chi connectivity index (χ2n) is 5.32. The van der Waals surface area contributed by atoms with Crippen molar-refractivity contribution >= 4 is 11.6 Å². The van der Waals surface area contributed by atoms with Crippen LogP contribution < -0.4 is 0 Å². The van der Waals surface area contributed by atoms with Gasteiger partial charge in [-0.3, -0.25) is 9.59 Å².